The highest BCUT2D eigenvalue weighted by Gasteiger charge is 2.26. The van der Waals surface area contributed by atoms with Gasteiger partial charge in [-0.3, -0.25) is 0 Å². The molecule has 1 aromatic carbocycles. The number of benzene rings is 1. The molecule has 0 amide bonds. The van der Waals surface area contributed by atoms with Crippen LogP contribution in [-0.4, -0.2) is 11.9 Å². The predicted octanol–water partition coefficient (Wildman–Crippen LogP) is 0.891. The standard InChI is InChI=1S/C9H11NOS/c11-10-7-6-9(10)12-8-4-2-1-3-5-8/h1-5,9-10H,6-7H2. The topological polar surface area (TPSA) is 27.5 Å². The zero-order valence-electron chi connectivity index (χ0n) is 6.69. The van der Waals surface area contributed by atoms with Crippen LogP contribution >= 0.6 is 11.8 Å². The van der Waals surface area contributed by atoms with Gasteiger partial charge in [0.05, 0.1) is 13.0 Å². The summed E-state index contributed by atoms with van der Waals surface area (Å²) >= 11 is 1.69. The molecule has 0 aromatic heterocycles. The fraction of sp³-hybridized carbons (Fsp3) is 0.333. The monoisotopic (exact) mass is 181 g/mol. The van der Waals surface area contributed by atoms with Gasteiger partial charge in [0.1, 0.15) is 5.37 Å². The second-order valence-electron chi connectivity index (χ2n) is 2.92. The van der Waals surface area contributed by atoms with E-state index in [4.69, 9.17) is 0 Å². The van der Waals surface area contributed by atoms with E-state index in [1.807, 2.05) is 18.2 Å². The first-order chi connectivity index (χ1) is 5.86. The zero-order chi connectivity index (χ0) is 8.39. The Hall–Kier alpha value is -0.510. The lowest BCUT2D eigenvalue weighted by Crippen LogP contribution is -3.17. The van der Waals surface area contributed by atoms with Crippen LogP contribution in [0.15, 0.2) is 35.2 Å². The van der Waals surface area contributed by atoms with Crippen molar-refractivity contribution in [3.05, 3.63) is 35.5 Å². The molecule has 1 N–H and O–H groups in total. The van der Waals surface area contributed by atoms with E-state index >= 15 is 0 Å². The minimum Gasteiger partial charge on any atom is -0.633 e. The van der Waals surface area contributed by atoms with Gasteiger partial charge in [-0.1, -0.05) is 30.0 Å². The van der Waals surface area contributed by atoms with E-state index in [1.165, 1.54) is 4.90 Å². The van der Waals surface area contributed by atoms with Gasteiger partial charge in [-0.05, 0) is 12.1 Å². The number of quaternary nitrogens is 1. The minimum absolute atomic E-state index is 0.243. The van der Waals surface area contributed by atoms with Crippen molar-refractivity contribution in [2.45, 2.75) is 16.7 Å². The van der Waals surface area contributed by atoms with Crippen LogP contribution in [0.2, 0.25) is 0 Å². The number of hydrogen-bond acceptors (Lipinski definition) is 2. The molecule has 2 rings (SSSR count). The molecule has 2 nitrogen and oxygen atoms in total. The summed E-state index contributed by atoms with van der Waals surface area (Å²) < 4.78 is 0. The van der Waals surface area contributed by atoms with Crippen molar-refractivity contribution < 1.29 is 5.06 Å². The van der Waals surface area contributed by atoms with Crippen LogP contribution in [0, 0.1) is 5.21 Å². The number of hydroxylamine groups is 2. The van der Waals surface area contributed by atoms with Crippen LogP contribution in [0.5, 0.6) is 0 Å². The molecule has 0 spiro atoms. The van der Waals surface area contributed by atoms with E-state index in [0.29, 0.717) is 5.06 Å². The lowest BCUT2D eigenvalue weighted by atomic mass is 10.3. The second-order valence-corrected chi connectivity index (χ2v) is 4.20. The van der Waals surface area contributed by atoms with Gasteiger partial charge in [-0.25, -0.2) is 0 Å². The summed E-state index contributed by atoms with van der Waals surface area (Å²) in [6.45, 7) is 0.782. The first-order valence-electron chi connectivity index (χ1n) is 4.11. The van der Waals surface area contributed by atoms with Gasteiger partial charge in [0.25, 0.3) is 0 Å². The normalized spacial score (nSPS) is 28.1. The Morgan fingerprint density at radius 2 is 2.08 bits per heavy atom. The maximum atomic E-state index is 11.0. The molecule has 1 aliphatic rings. The predicted molar refractivity (Wildman–Crippen MR) is 49.9 cm³/mol. The molecule has 2 unspecified atom stereocenters. The molecule has 0 aliphatic carbocycles. The Labute approximate surface area is 76.2 Å². The minimum atomic E-state index is 0.243. The van der Waals surface area contributed by atoms with Gasteiger partial charge < -0.3 is 10.3 Å². The molecule has 12 heavy (non-hydrogen) atoms. The molecular weight excluding hydrogens is 170 g/mol. The molecule has 1 saturated heterocycles. The maximum absolute atomic E-state index is 11.0. The van der Waals surface area contributed by atoms with E-state index < -0.39 is 0 Å². The van der Waals surface area contributed by atoms with Gasteiger partial charge in [-0.15, -0.1) is 0 Å². The summed E-state index contributed by atoms with van der Waals surface area (Å²) in [5.41, 5.74) is 0. The molecule has 0 bridgehead atoms. The van der Waals surface area contributed by atoms with Crippen molar-refractivity contribution in [2.24, 2.45) is 0 Å². The summed E-state index contributed by atoms with van der Waals surface area (Å²) in [5, 5.41) is 11.7. The first kappa shape index (κ1) is 8.10. The molecule has 0 saturated carbocycles. The SMILES string of the molecule is [O-][NH+]1CCC1Sc1ccccc1. The van der Waals surface area contributed by atoms with Gasteiger partial charge >= 0.3 is 0 Å². The maximum Gasteiger partial charge on any atom is 0.144 e. The molecule has 1 heterocycles. The van der Waals surface area contributed by atoms with Crippen LogP contribution in [0.25, 0.3) is 0 Å². The van der Waals surface area contributed by atoms with Crippen molar-refractivity contribution in [1.82, 2.24) is 0 Å². The van der Waals surface area contributed by atoms with Crippen LogP contribution in [0.1, 0.15) is 6.42 Å². The molecule has 1 aliphatic heterocycles. The van der Waals surface area contributed by atoms with Crippen LogP contribution in [-0.2, 0) is 0 Å². The highest BCUT2D eigenvalue weighted by Crippen LogP contribution is 2.23. The van der Waals surface area contributed by atoms with Crippen LogP contribution in [0.3, 0.4) is 0 Å². The van der Waals surface area contributed by atoms with Crippen molar-refractivity contribution in [3.63, 3.8) is 0 Å². The Bertz CT molecular complexity index is 252. The van der Waals surface area contributed by atoms with Crippen LogP contribution in [0.4, 0.5) is 0 Å². The van der Waals surface area contributed by atoms with E-state index in [-0.39, 0.29) is 5.37 Å². The Balaban J connectivity index is 1.95. The molecule has 1 fully saturated rings. The summed E-state index contributed by atoms with van der Waals surface area (Å²) in [6, 6.07) is 10.1. The van der Waals surface area contributed by atoms with Crippen molar-refractivity contribution >= 4 is 11.8 Å². The Morgan fingerprint density at radius 1 is 1.33 bits per heavy atom. The highest BCUT2D eigenvalue weighted by atomic mass is 32.2. The second kappa shape index (κ2) is 3.47. The average Bonchev–Trinajstić information content (AvgIpc) is 2.14. The Kier molecular flexibility index (Phi) is 2.35. The van der Waals surface area contributed by atoms with E-state index in [0.717, 1.165) is 13.0 Å². The molecule has 64 valence electrons. The number of hydrogen-bond donors (Lipinski definition) is 1. The molecule has 0 radical (unpaired) electrons. The van der Waals surface area contributed by atoms with Crippen LogP contribution < -0.4 is 5.06 Å². The van der Waals surface area contributed by atoms with E-state index in [2.05, 4.69) is 12.1 Å². The zero-order valence-corrected chi connectivity index (χ0v) is 7.51. The third-order valence-corrected chi connectivity index (χ3v) is 3.36. The smallest absolute Gasteiger partial charge is 0.144 e. The molecule has 1 aromatic rings. The molecule has 3 heteroatoms. The fourth-order valence-electron chi connectivity index (χ4n) is 1.17. The van der Waals surface area contributed by atoms with E-state index in [1.54, 1.807) is 11.8 Å². The van der Waals surface area contributed by atoms with Gasteiger partial charge in [0.15, 0.2) is 0 Å². The lowest BCUT2D eigenvalue weighted by molar-refractivity contribution is -0.902. The van der Waals surface area contributed by atoms with Gasteiger partial charge in [-0.2, -0.15) is 0 Å². The lowest BCUT2D eigenvalue weighted by Gasteiger charge is -2.39. The molecule has 2 atom stereocenters. The number of rotatable bonds is 2. The fourth-order valence-corrected chi connectivity index (χ4v) is 2.30. The third kappa shape index (κ3) is 1.63. The van der Waals surface area contributed by atoms with Crippen molar-refractivity contribution in [1.29, 1.82) is 0 Å². The average molecular weight is 181 g/mol. The highest BCUT2D eigenvalue weighted by molar-refractivity contribution is 7.99. The van der Waals surface area contributed by atoms with E-state index in [9.17, 15) is 5.21 Å². The third-order valence-electron chi connectivity index (χ3n) is 2.03. The Morgan fingerprint density at radius 3 is 2.58 bits per heavy atom. The number of nitrogens with one attached hydrogen (secondary N) is 1. The summed E-state index contributed by atoms with van der Waals surface area (Å²) in [7, 11) is 0. The largest absolute Gasteiger partial charge is 0.633 e. The van der Waals surface area contributed by atoms with Gasteiger partial charge in [0, 0.05) is 4.90 Å². The first-order valence-corrected chi connectivity index (χ1v) is 4.98. The van der Waals surface area contributed by atoms with Crippen molar-refractivity contribution in [2.75, 3.05) is 6.54 Å². The summed E-state index contributed by atoms with van der Waals surface area (Å²) in [6.07, 6.45) is 1.05. The number of thioether (sulfide) groups is 1. The summed E-state index contributed by atoms with van der Waals surface area (Å²) in [4.78, 5) is 1.20. The quantitative estimate of drug-likeness (QED) is 0.686. The summed E-state index contributed by atoms with van der Waals surface area (Å²) in [5.74, 6) is 0. The molecular formula is C9H11NOS. The van der Waals surface area contributed by atoms with Crippen molar-refractivity contribution in [3.8, 4) is 0 Å². The van der Waals surface area contributed by atoms with Gasteiger partial charge in [0.2, 0.25) is 0 Å².